The summed E-state index contributed by atoms with van der Waals surface area (Å²) in [5, 5.41) is 22.4. The first kappa shape index (κ1) is 18.0. The fourth-order valence-electron chi connectivity index (χ4n) is 2.15. The van der Waals surface area contributed by atoms with E-state index in [2.05, 4.69) is 5.32 Å². The molecule has 2 rings (SSSR count). The number of hydrogen-bond donors (Lipinski definition) is 2. The molecule has 0 radical (unpaired) electrons. The second kappa shape index (κ2) is 7.06. The molecule has 128 valence electrons. The molecule has 5 nitrogen and oxygen atoms in total. The number of benzene rings is 2. The van der Waals surface area contributed by atoms with E-state index in [4.69, 9.17) is 11.6 Å². The average Bonchev–Trinajstić information content (AvgIpc) is 2.51. The highest BCUT2D eigenvalue weighted by atomic mass is 35.5. The number of aliphatic hydroxyl groups excluding tert-OH is 1. The van der Waals surface area contributed by atoms with Crippen molar-refractivity contribution in [2.24, 2.45) is 0 Å². The summed E-state index contributed by atoms with van der Waals surface area (Å²) in [6.07, 6.45) is -4.79. The minimum Gasteiger partial charge on any atom is -0.392 e. The van der Waals surface area contributed by atoms with Crippen LogP contribution in [0.2, 0.25) is 5.02 Å². The van der Waals surface area contributed by atoms with Crippen LogP contribution in [0.25, 0.3) is 0 Å². The van der Waals surface area contributed by atoms with Crippen LogP contribution in [0.4, 0.5) is 24.5 Å². The Morgan fingerprint density at radius 1 is 1.21 bits per heavy atom. The quantitative estimate of drug-likeness (QED) is 0.613. The van der Waals surface area contributed by atoms with Crippen molar-refractivity contribution in [2.45, 2.75) is 19.3 Å². The number of aliphatic hydroxyl groups is 1. The molecule has 0 saturated heterocycles. The van der Waals surface area contributed by atoms with Gasteiger partial charge in [0.05, 0.1) is 22.1 Å². The summed E-state index contributed by atoms with van der Waals surface area (Å²) >= 11 is 5.61. The summed E-state index contributed by atoms with van der Waals surface area (Å²) in [4.78, 5) is 10.2. The predicted octanol–water partition coefficient (Wildman–Crippen LogP) is 4.37. The van der Waals surface area contributed by atoms with Crippen molar-refractivity contribution in [3.63, 3.8) is 0 Å². The maximum absolute atomic E-state index is 12.8. The minimum atomic E-state index is -4.79. The lowest BCUT2D eigenvalue weighted by Crippen LogP contribution is -2.10. The molecule has 2 aromatic rings. The van der Waals surface area contributed by atoms with Crippen LogP contribution in [0.1, 0.15) is 16.7 Å². The Bertz CT molecular complexity index is 766. The Labute approximate surface area is 139 Å². The van der Waals surface area contributed by atoms with Gasteiger partial charge in [-0.25, -0.2) is 0 Å². The van der Waals surface area contributed by atoms with E-state index in [0.29, 0.717) is 17.2 Å². The summed E-state index contributed by atoms with van der Waals surface area (Å²) < 4.78 is 38.5. The molecule has 24 heavy (non-hydrogen) atoms. The number of nitro benzene ring substituents is 1. The van der Waals surface area contributed by atoms with Gasteiger partial charge in [0, 0.05) is 12.6 Å². The van der Waals surface area contributed by atoms with Crippen molar-refractivity contribution in [1.82, 2.24) is 0 Å². The highest BCUT2D eigenvalue weighted by Gasteiger charge is 2.36. The molecule has 0 aliphatic rings. The summed E-state index contributed by atoms with van der Waals surface area (Å²) in [5.41, 5.74) is -0.868. The Kier molecular flexibility index (Phi) is 5.30. The number of nitrogens with zero attached hydrogens (tertiary/aromatic N) is 1. The molecule has 0 aliphatic carbocycles. The summed E-state index contributed by atoms with van der Waals surface area (Å²) in [6.45, 7) is -0.146. The van der Waals surface area contributed by atoms with Gasteiger partial charge >= 0.3 is 6.18 Å². The van der Waals surface area contributed by atoms with Crippen LogP contribution in [0.3, 0.4) is 0 Å². The van der Waals surface area contributed by atoms with Crippen molar-refractivity contribution in [3.05, 3.63) is 68.2 Å². The molecule has 0 unspecified atom stereocenters. The standard InChI is InChI=1S/C15H12ClF3N2O3/c16-12-6-13(14(21(23)24)5-11(12)15(17,18)19)20-7-9-3-1-2-4-10(9)8-22/h1-6,20,22H,7-8H2. The second-order valence-electron chi connectivity index (χ2n) is 4.88. The van der Waals surface area contributed by atoms with Crippen molar-refractivity contribution in [1.29, 1.82) is 0 Å². The van der Waals surface area contributed by atoms with E-state index in [9.17, 15) is 28.4 Å². The lowest BCUT2D eigenvalue weighted by Gasteiger charge is -2.13. The Hall–Kier alpha value is -2.32. The van der Waals surface area contributed by atoms with Gasteiger partial charge in [0.15, 0.2) is 0 Å². The van der Waals surface area contributed by atoms with Crippen LogP contribution >= 0.6 is 11.6 Å². The summed E-state index contributed by atoms with van der Waals surface area (Å²) in [6, 6.07) is 8.07. The summed E-state index contributed by atoms with van der Waals surface area (Å²) in [7, 11) is 0. The third-order valence-corrected chi connectivity index (χ3v) is 3.66. The molecule has 2 aromatic carbocycles. The van der Waals surface area contributed by atoms with Crippen LogP contribution in [0, 0.1) is 10.1 Å². The molecule has 0 saturated carbocycles. The van der Waals surface area contributed by atoms with E-state index in [-0.39, 0.29) is 18.8 Å². The monoisotopic (exact) mass is 360 g/mol. The number of hydrogen-bond acceptors (Lipinski definition) is 4. The second-order valence-corrected chi connectivity index (χ2v) is 5.29. The Morgan fingerprint density at radius 2 is 1.83 bits per heavy atom. The third kappa shape index (κ3) is 3.95. The summed E-state index contributed by atoms with van der Waals surface area (Å²) in [5.74, 6) is 0. The molecule has 0 fully saturated rings. The molecular formula is C15H12ClF3N2O3. The fourth-order valence-corrected chi connectivity index (χ4v) is 2.42. The van der Waals surface area contributed by atoms with E-state index < -0.39 is 27.4 Å². The van der Waals surface area contributed by atoms with Crippen molar-refractivity contribution in [3.8, 4) is 0 Å². The van der Waals surface area contributed by atoms with Crippen LogP contribution in [-0.2, 0) is 19.3 Å². The van der Waals surface area contributed by atoms with Gasteiger partial charge in [-0.1, -0.05) is 35.9 Å². The number of rotatable bonds is 5. The first-order chi connectivity index (χ1) is 11.2. The molecule has 2 N–H and O–H groups in total. The SMILES string of the molecule is O=[N+]([O-])c1cc(C(F)(F)F)c(Cl)cc1NCc1ccccc1CO. The molecule has 0 spiro atoms. The van der Waals surface area contributed by atoms with E-state index in [1.54, 1.807) is 24.3 Å². The first-order valence-electron chi connectivity index (χ1n) is 6.70. The van der Waals surface area contributed by atoms with E-state index >= 15 is 0 Å². The van der Waals surface area contributed by atoms with Crippen LogP contribution in [0.15, 0.2) is 36.4 Å². The van der Waals surface area contributed by atoms with Gasteiger partial charge in [-0.05, 0) is 17.2 Å². The van der Waals surface area contributed by atoms with Crippen LogP contribution in [0.5, 0.6) is 0 Å². The zero-order chi connectivity index (χ0) is 17.9. The van der Waals surface area contributed by atoms with Gasteiger partial charge in [0.2, 0.25) is 0 Å². The van der Waals surface area contributed by atoms with E-state index in [1.165, 1.54) is 0 Å². The maximum atomic E-state index is 12.8. The zero-order valence-corrected chi connectivity index (χ0v) is 12.9. The largest absolute Gasteiger partial charge is 0.418 e. The van der Waals surface area contributed by atoms with Crippen molar-refractivity contribution < 1.29 is 23.2 Å². The number of nitrogens with one attached hydrogen (secondary N) is 1. The van der Waals surface area contributed by atoms with Crippen LogP contribution < -0.4 is 5.32 Å². The number of anilines is 1. The Balaban J connectivity index is 2.36. The smallest absolute Gasteiger partial charge is 0.392 e. The number of halogens is 4. The van der Waals surface area contributed by atoms with Crippen molar-refractivity contribution >= 4 is 23.0 Å². The van der Waals surface area contributed by atoms with Crippen molar-refractivity contribution in [2.75, 3.05) is 5.32 Å². The maximum Gasteiger partial charge on any atom is 0.418 e. The highest BCUT2D eigenvalue weighted by molar-refractivity contribution is 6.31. The molecule has 9 heteroatoms. The predicted molar refractivity (Wildman–Crippen MR) is 82.8 cm³/mol. The fraction of sp³-hybridized carbons (Fsp3) is 0.200. The van der Waals surface area contributed by atoms with Crippen LogP contribution in [-0.4, -0.2) is 10.0 Å². The molecule has 0 amide bonds. The topological polar surface area (TPSA) is 75.4 Å². The number of alkyl halides is 3. The van der Waals surface area contributed by atoms with Gasteiger partial charge < -0.3 is 10.4 Å². The lowest BCUT2D eigenvalue weighted by atomic mass is 10.1. The third-order valence-electron chi connectivity index (χ3n) is 3.35. The molecule has 0 bridgehead atoms. The first-order valence-corrected chi connectivity index (χ1v) is 7.08. The van der Waals surface area contributed by atoms with E-state index in [0.717, 1.165) is 6.07 Å². The van der Waals surface area contributed by atoms with Gasteiger partial charge in [0.1, 0.15) is 5.69 Å². The molecule has 0 aliphatic heterocycles. The van der Waals surface area contributed by atoms with Gasteiger partial charge in [0.25, 0.3) is 5.69 Å². The average molecular weight is 361 g/mol. The molecule has 0 atom stereocenters. The molecule has 0 aromatic heterocycles. The van der Waals surface area contributed by atoms with Gasteiger partial charge in [-0.15, -0.1) is 0 Å². The molecule has 0 heterocycles. The van der Waals surface area contributed by atoms with Gasteiger partial charge in [-0.3, -0.25) is 10.1 Å². The minimum absolute atomic E-state index is 0.0826. The lowest BCUT2D eigenvalue weighted by molar-refractivity contribution is -0.384. The highest BCUT2D eigenvalue weighted by Crippen LogP contribution is 2.40. The van der Waals surface area contributed by atoms with E-state index in [1.807, 2.05) is 0 Å². The Morgan fingerprint density at radius 3 is 2.38 bits per heavy atom. The normalized spacial score (nSPS) is 11.4. The zero-order valence-electron chi connectivity index (χ0n) is 12.1. The number of nitro groups is 1. The molecular weight excluding hydrogens is 349 g/mol. The van der Waals surface area contributed by atoms with Gasteiger partial charge in [-0.2, -0.15) is 13.2 Å².